The minimum Gasteiger partial charge on any atom is -0.474 e. The van der Waals surface area contributed by atoms with Crippen LogP contribution >= 0.6 is 11.6 Å². The van der Waals surface area contributed by atoms with Gasteiger partial charge in [-0.05, 0) is 31.1 Å². The van der Waals surface area contributed by atoms with Crippen LogP contribution in [0, 0.1) is 5.41 Å². The van der Waals surface area contributed by atoms with Crippen LogP contribution in [-0.4, -0.2) is 16.1 Å². The molecule has 1 aromatic heterocycles. The first-order valence-corrected chi connectivity index (χ1v) is 6.29. The molecule has 0 radical (unpaired) electrons. The maximum atomic E-state index is 5.80. The Kier molecular flexibility index (Phi) is 3.43. The second-order valence-corrected chi connectivity index (χ2v) is 5.76. The number of ether oxygens (including phenoxy) is 1. The highest BCUT2D eigenvalue weighted by atomic mass is 35.5. The fourth-order valence-electron chi connectivity index (χ4n) is 2.14. The Bertz CT molecular complexity index is 378. The van der Waals surface area contributed by atoms with E-state index in [-0.39, 0.29) is 12.1 Å². The first-order chi connectivity index (χ1) is 7.94. The Hall–Kier alpha value is -1.03. The number of rotatable bonds is 2. The molecular weight excluding hydrogens is 238 g/mol. The first kappa shape index (κ1) is 12.4. The summed E-state index contributed by atoms with van der Waals surface area (Å²) in [5.74, 6) is 0.635. The van der Waals surface area contributed by atoms with Crippen LogP contribution in [0.3, 0.4) is 0 Å². The average molecular weight is 256 g/mol. The number of anilines is 1. The minimum atomic E-state index is 0.156. The van der Waals surface area contributed by atoms with Crippen molar-refractivity contribution in [3.05, 3.63) is 11.2 Å². The molecule has 1 fully saturated rings. The molecule has 0 aromatic carbocycles. The van der Waals surface area contributed by atoms with Crippen LogP contribution in [0.1, 0.15) is 39.5 Å². The zero-order chi connectivity index (χ0) is 12.5. The van der Waals surface area contributed by atoms with Crippen molar-refractivity contribution in [2.45, 2.75) is 45.6 Å². The van der Waals surface area contributed by atoms with Gasteiger partial charge in [0.25, 0.3) is 0 Å². The molecule has 1 aromatic rings. The maximum absolute atomic E-state index is 5.80. The predicted octanol–water partition coefficient (Wildman–Crippen LogP) is 3.06. The van der Waals surface area contributed by atoms with Gasteiger partial charge in [0.2, 0.25) is 11.8 Å². The van der Waals surface area contributed by atoms with Crippen molar-refractivity contribution in [2.24, 2.45) is 5.41 Å². The SMILES string of the molecule is CC1(C)CCC(Oc2cc(Cl)nc(N)n2)CC1. The molecule has 2 N–H and O–H groups in total. The predicted molar refractivity (Wildman–Crippen MR) is 68.1 cm³/mol. The van der Waals surface area contributed by atoms with Crippen LogP contribution in [0.5, 0.6) is 5.88 Å². The molecule has 1 aliphatic rings. The van der Waals surface area contributed by atoms with Gasteiger partial charge in [-0.2, -0.15) is 4.98 Å². The van der Waals surface area contributed by atoms with E-state index < -0.39 is 0 Å². The van der Waals surface area contributed by atoms with Gasteiger partial charge in [-0.1, -0.05) is 25.4 Å². The highest BCUT2D eigenvalue weighted by Gasteiger charge is 2.28. The molecule has 0 bridgehead atoms. The summed E-state index contributed by atoms with van der Waals surface area (Å²) in [6.07, 6.45) is 4.66. The summed E-state index contributed by atoms with van der Waals surface area (Å²) in [5, 5.41) is 0.323. The molecule has 2 rings (SSSR count). The number of nitrogens with two attached hydrogens (primary N) is 1. The lowest BCUT2D eigenvalue weighted by molar-refractivity contribution is 0.0949. The highest BCUT2D eigenvalue weighted by Crippen LogP contribution is 2.36. The Labute approximate surface area is 107 Å². The van der Waals surface area contributed by atoms with Gasteiger partial charge in [-0.25, -0.2) is 4.98 Å². The van der Waals surface area contributed by atoms with Crippen molar-refractivity contribution < 1.29 is 4.74 Å². The summed E-state index contributed by atoms with van der Waals surface area (Å²) in [7, 11) is 0. The van der Waals surface area contributed by atoms with Crippen molar-refractivity contribution in [2.75, 3.05) is 5.73 Å². The number of hydrogen-bond donors (Lipinski definition) is 1. The average Bonchev–Trinajstić information content (AvgIpc) is 2.20. The zero-order valence-corrected chi connectivity index (χ0v) is 11.0. The number of nitrogens with zero attached hydrogens (tertiary/aromatic N) is 2. The molecule has 0 aliphatic heterocycles. The summed E-state index contributed by atoms with van der Waals surface area (Å²) in [6.45, 7) is 4.59. The molecule has 4 nitrogen and oxygen atoms in total. The topological polar surface area (TPSA) is 61.0 Å². The Morgan fingerprint density at radius 3 is 2.59 bits per heavy atom. The van der Waals surface area contributed by atoms with Crippen molar-refractivity contribution in [3.63, 3.8) is 0 Å². The van der Waals surface area contributed by atoms with Crippen LogP contribution < -0.4 is 10.5 Å². The molecule has 0 spiro atoms. The van der Waals surface area contributed by atoms with Gasteiger partial charge >= 0.3 is 0 Å². The largest absolute Gasteiger partial charge is 0.474 e. The Morgan fingerprint density at radius 1 is 1.35 bits per heavy atom. The number of aromatic nitrogens is 2. The molecule has 0 atom stereocenters. The Balaban J connectivity index is 1.97. The van der Waals surface area contributed by atoms with E-state index in [0.717, 1.165) is 12.8 Å². The molecule has 17 heavy (non-hydrogen) atoms. The summed E-state index contributed by atoms with van der Waals surface area (Å²) in [4.78, 5) is 7.83. The molecular formula is C12H18ClN3O. The van der Waals surface area contributed by atoms with E-state index in [1.165, 1.54) is 12.8 Å². The van der Waals surface area contributed by atoms with Crippen molar-refractivity contribution in [3.8, 4) is 5.88 Å². The van der Waals surface area contributed by atoms with E-state index >= 15 is 0 Å². The maximum Gasteiger partial charge on any atom is 0.224 e. The Morgan fingerprint density at radius 2 is 2.00 bits per heavy atom. The summed E-state index contributed by atoms with van der Waals surface area (Å²) < 4.78 is 5.79. The summed E-state index contributed by atoms with van der Waals surface area (Å²) in [6, 6.07) is 1.61. The van der Waals surface area contributed by atoms with Gasteiger partial charge in [0, 0.05) is 6.07 Å². The smallest absolute Gasteiger partial charge is 0.224 e. The number of nitrogen functional groups attached to an aromatic ring is 1. The van der Waals surface area contributed by atoms with Crippen LogP contribution in [0.4, 0.5) is 5.95 Å². The van der Waals surface area contributed by atoms with Crippen molar-refractivity contribution in [1.82, 2.24) is 9.97 Å². The van der Waals surface area contributed by atoms with E-state index in [9.17, 15) is 0 Å². The lowest BCUT2D eigenvalue weighted by Gasteiger charge is -2.34. The first-order valence-electron chi connectivity index (χ1n) is 5.91. The van der Waals surface area contributed by atoms with Gasteiger partial charge in [0.15, 0.2) is 0 Å². The standard InChI is InChI=1S/C12H18ClN3O/c1-12(2)5-3-8(4-6-12)17-10-7-9(13)15-11(14)16-10/h7-8H,3-6H2,1-2H3,(H2,14,15,16). The van der Waals surface area contributed by atoms with E-state index in [4.69, 9.17) is 22.1 Å². The third kappa shape index (κ3) is 3.46. The molecule has 0 saturated heterocycles. The lowest BCUT2D eigenvalue weighted by atomic mass is 9.76. The molecule has 0 unspecified atom stereocenters. The van der Waals surface area contributed by atoms with E-state index in [1.54, 1.807) is 6.07 Å². The minimum absolute atomic E-state index is 0.156. The quantitative estimate of drug-likeness (QED) is 0.825. The molecule has 1 aliphatic carbocycles. The third-order valence-corrected chi connectivity index (χ3v) is 3.46. The normalized spacial score (nSPS) is 20.2. The summed E-state index contributed by atoms with van der Waals surface area (Å²) >= 11 is 5.80. The second kappa shape index (κ2) is 4.69. The lowest BCUT2D eigenvalue weighted by Crippen LogP contribution is -2.28. The van der Waals surface area contributed by atoms with Crippen molar-refractivity contribution >= 4 is 17.5 Å². The van der Waals surface area contributed by atoms with Crippen LogP contribution in [0.25, 0.3) is 0 Å². The molecule has 1 heterocycles. The molecule has 0 amide bonds. The molecule has 94 valence electrons. The van der Waals surface area contributed by atoms with E-state index in [2.05, 4.69) is 23.8 Å². The van der Waals surface area contributed by atoms with Crippen LogP contribution in [0.2, 0.25) is 5.15 Å². The monoisotopic (exact) mass is 255 g/mol. The van der Waals surface area contributed by atoms with E-state index in [1.807, 2.05) is 0 Å². The van der Waals surface area contributed by atoms with Crippen LogP contribution in [-0.2, 0) is 0 Å². The molecule has 5 heteroatoms. The van der Waals surface area contributed by atoms with Crippen LogP contribution in [0.15, 0.2) is 6.07 Å². The van der Waals surface area contributed by atoms with Gasteiger partial charge in [0.05, 0.1) is 0 Å². The number of hydrogen-bond acceptors (Lipinski definition) is 4. The third-order valence-electron chi connectivity index (χ3n) is 3.26. The van der Waals surface area contributed by atoms with Gasteiger partial charge in [-0.3, -0.25) is 0 Å². The van der Waals surface area contributed by atoms with E-state index in [0.29, 0.717) is 16.4 Å². The highest BCUT2D eigenvalue weighted by molar-refractivity contribution is 6.29. The fraction of sp³-hybridized carbons (Fsp3) is 0.667. The second-order valence-electron chi connectivity index (χ2n) is 5.37. The zero-order valence-electron chi connectivity index (χ0n) is 10.2. The van der Waals surface area contributed by atoms with Gasteiger partial charge < -0.3 is 10.5 Å². The van der Waals surface area contributed by atoms with Gasteiger partial charge in [0.1, 0.15) is 11.3 Å². The fourth-order valence-corrected chi connectivity index (χ4v) is 2.32. The van der Waals surface area contributed by atoms with Gasteiger partial charge in [-0.15, -0.1) is 0 Å². The van der Waals surface area contributed by atoms with Crippen molar-refractivity contribution in [1.29, 1.82) is 0 Å². The molecule has 1 saturated carbocycles. The summed E-state index contributed by atoms with van der Waals surface area (Å²) in [5.41, 5.74) is 5.95. The number of halogens is 1.